The summed E-state index contributed by atoms with van der Waals surface area (Å²) in [5.41, 5.74) is 7.90. The van der Waals surface area contributed by atoms with Crippen molar-refractivity contribution < 1.29 is 9.18 Å². The Bertz CT molecular complexity index is 946. The largest absolute Gasteiger partial charge is 0.368 e. The SMILES string of the molecule is CC(C)(C)CC(Nc1ncnc(N2CCCC2c2ccc(C(C)(C)C)cc2)c1F)C(N)=O. The van der Waals surface area contributed by atoms with E-state index in [1.54, 1.807) is 0 Å². The quantitative estimate of drug-likeness (QED) is 0.662. The Balaban J connectivity index is 1.87. The first-order valence-corrected chi connectivity index (χ1v) is 11.3. The topological polar surface area (TPSA) is 84.1 Å². The fraction of sp³-hybridized carbons (Fsp3) is 0.560. The summed E-state index contributed by atoms with van der Waals surface area (Å²) >= 11 is 0. The van der Waals surface area contributed by atoms with Crippen molar-refractivity contribution in [2.75, 3.05) is 16.8 Å². The number of aromatic nitrogens is 2. The second-order valence-corrected chi connectivity index (χ2v) is 10.9. The van der Waals surface area contributed by atoms with Gasteiger partial charge in [-0.3, -0.25) is 4.79 Å². The first-order valence-electron chi connectivity index (χ1n) is 11.3. The van der Waals surface area contributed by atoms with Gasteiger partial charge in [-0.05, 0) is 41.2 Å². The van der Waals surface area contributed by atoms with Crippen LogP contribution in [0.4, 0.5) is 16.0 Å². The average molecular weight is 442 g/mol. The molecule has 2 aromatic rings. The molecule has 7 heteroatoms. The highest BCUT2D eigenvalue weighted by Gasteiger charge is 2.31. The summed E-state index contributed by atoms with van der Waals surface area (Å²) in [6, 6.07) is 7.90. The lowest BCUT2D eigenvalue weighted by Gasteiger charge is -2.28. The van der Waals surface area contributed by atoms with Crippen LogP contribution in [0.2, 0.25) is 0 Å². The molecular formula is C25H36FN5O. The number of hydrogen-bond acceptors (Lipinski definition) is 5. The molecule has 1 aliphatic rings. The molecule has 174 valence electrons. The summed E-state index contributed by atoms with van der Waals surface area (Å²) in [6.45, 7) is 13.3. The molecule has 1 aromatic heterocycles. The molecule has 1 fully saturated rings. The van der Waals surface area contributed by atoms with Gasteiger partial charge in [0.25, 0.3) is 0 Å². The van der Waals surface area contributed by atoms with Crippen molar-refractivity contribution in [3.8, 4) is 0 Å². The number of nitrogens with one attached hydrogen (secondary N) is 1. The first kappa shape index (κ1) is 24.0. The molecule has 0 radical (unpaired) electrons. The third-order valence-electron chi connectivity index (χ3n) is 5.93. The van der Waals surface area contributed by atoms with E-state index in [4.69, 9.17) is 5.73 Å². The number of carbonyl (C=O) groups excluding carboxylic acids is 1. The number of rotatable bonds is 6. The number of anilines is 2. The summed E-state index contributed by atoms with van der Waals surface area (Å²) in [4.78, 5) is 22.3. The summed E-state index contributed by atoms with van der Waals surface area (Å²) in [6.07, 6.45) is 3.68. The number of benzene rings is 1. The van der Waals surface area contributed by atoms with E-state index in [0.717, 1.165) is 18.4 Å². The van der Waals surface area contributed by atoms with E-state index >= 15 is 4.39 Å². The van der Waals surface area contributed by atoms with Crippen molar-refractivity contribution in [2.24, 2.45) is 11.1 Å². The minimum atomic E-state index is -0.716. The van der Waals surface area contributed by atoms with Crippen LogP contribution in [0.1, 0.15) is 78.0 Å². The monoisotopic (exact) mass is 441 g/mol. The molecular weight excluding hydrogens is 405 g/mol. The highest BCUT2D eigenvalue weighted by molar-refractivity contribution is 5.82. The minimum Gasteiger partial charge on any atom is -0.368 e. The number of halogens is 1. The number of hydrogen-bond donors (Lipinski definition) is 2. The molecule has 6 nitrogen and oxygen atoms in total. The number of primary amides is 1. The van der Waals surface area contributed by atoms with E-state index in [0.29, 0.717) is 13.0 Å². The first-order chi connectivity index (χ1) is 14.9. The van der Waals surface area contributed by atoms with E-state index in [-0.39, 0.29) is 28.5 Å². The van der Waals surface area contributed by atoms with Gasteiger partial charge in [-0.15, -0.1) is 0 Å². The molecule has 3 N–H and O–H groups in total. The molecule has 2 unspecified atom stereocenters. The molecule has 1 aromatic carbocycles. The Labute approximate surface area is 190 Å². The van der Waals surface area contributed by atoms with Gasteiger partial charge in [0.2, 0.25) is 11.7 Å². The van der Waals surface area contributed by atoms with Crippen LogP contribution in [0.25, 0.3) is 0 Å². The summed E-state index contributed by atoms with van der Waals surface area (Å²) < 4.78 is 15.5. The van der Waals surface area contributed by atoms with Crippen molar-refractivity contribution in [1.29, 1.82) is 0 Å². The van der Waals surface area contributed by atoms with E-state index in [1.165, 1.54) is 11.9 Å². The number of amides is 1. The molecule has 2 heterocycles. The van der Waals surface area contributed by atoms with Crippen molar-refractivity contribution in [1.82, 2.24) is 9.97 Å². The molecule has 1 saturated heterocycles. The van der Waals surface area contributed by atoms with E-state index in [9.17, 15) is 4.79 Å². The van der Waals surface area contributed by atoms with Gasteiger partial charge in [0, 0.05) is 6.54 Å². The molecule has 0 saturated carbocycles. The Morgan fingerprint density at radius 2 is 1.84 bits per heavy atom. The third-order valence-corrected chi connectivity index (χ3v) is 5.93. The van der Waals surface area contributed by atoms with Crippen molar-refractivity contribution in [3.63, 3.8) is 0 Å². The minimum absolute atomic E-state index is 0.0109. The Kier molecular flexibility index (Phi) is 6.77. The normalized spacial score (nSPS) is 18.0. The van der Waals surface area contributed by atoms with Crippen LogP contribution >= 0.6 is 0 Å². The van der Waals surface area contributed by atoms with Gasteiger partial charge in [0.15, 0.2) is 11.6 Å². The predicted octanol–water partition coefficient (Wildman–Crippen LogP) is 4.96. The lowest BCUT2D eigenvalue weighted by atomic mass is 9.86. The van der Waals surface area contributed by atoms with Crippen molar-refractivity contribution >= 4 is 17.5 Å². The lowest BCUT2D eigenvalue weighted by Crippen LogP contribution is -2.39. The average Bonchev–Trinajstić information content (AvgIpc) is 3.17. The van der Waals surface area contributed by atoms with Gasteiger partial charge in [0.1, 0.15) is 12.4 Å². The second kappa shape index (κ2) is 9.04. The van der Waals surface area contributed by atoms with Gasteiger partial charge in [-0.2, -0.15) is 4.39 Å². The standard InChI is InChI=1S/C25H36FN5O/c1-24(2,3)14-18(21(27)32)30-22-20(26)23(29-15-28-22)31-13-7-8-19(31)16-9-11-17(12-10-16)25(4,5)6/h9-12,15,18-19H,7-8,13-14H2,1-6H3,(H2,27,32)(H,28,29,30). The maximum absolute atomic E-state index is 15.5. The molecule has 1 aliphatic heterocycles. The Hall–Kier alpha value is -2.70. The zero-order valence-electron chi connectivity index (χ0n) is 20.1. The fourth-order valence-electron chi connectivity index (χ4n) is 4.23. The molecule has 2 atom stereocenters. The van der Waals surface area contributed by atoms with E-state index in [2.05, 4.69) is 60.3 Å². The van der Waals surface area contributed by atoms with Crippen molar-refractivity contribution in [2.45, 2.75) is 78.3 Å². The molecule has 0 spiro atoms. The molecule has 3 rings (SSSR count). The van der Waals surface area contributed by atoms with E-state index < -0.39 is 17.8 Å². The van der Waals surface area contributed by atoms with Crippen LogP contribution in [-0.2, 0) is 10.2 Å². The Morgan fingerprint density at radius 1 is 1.19 bits per heavy atom. The fourth-order valence-corrected chi connectivity index (χ4v) is 4.23. The zero-order valence-corrected chi connectivity index (χ0v) is 20.1. The van der Waals surface area contributed by atoms with Crippen LogP contribution in [0.5, 0.6) is 0 Å². The lowest BCUT2D eigenvalue weighted by molar-refractivity contribution is -0.119. The smallest absolute Gasteiger partial charge is 0.239 e. The maximum atomic E-state index is 15.5. The van der Waals surface area contributed by atoms with Crippen LogP contribution in [0.3, 0.4) is 0 Å². The summed E-state index contributed by atoms with van der Waals surface area (Å²) in [5.74, 6) is -0.816. The van der Waals surface area contributed by atoms with Gasteiger partial charge < -0.3 is 16.0 Å². The highest BCUT2D eigenvalue weighted by atomic mass is 19.1. The van der Waals surface area contributed by atoms with Gasteiger partial charge in [-0.25, -0.2) is 9.97 Å². The summed E-state index contributed by atoms with van der Waals surface area (Å²) in [7, 11) is 0. The van der Waals surface area contributed by atoms with Crippen molar-refractivity contribution in [3.05, 3.63) is 47.5 Å². The molecule has 0 bridgehead atoms. The van der Waals surface area contributed by atoms with Gasteiger partial charge >= 0.3 is 0 Å². The van der Waals surface area contributed by atoms with Crippen LogP contribution < -0.4 is 16.0 Å². The molecule has 1 amide bonds. The number of nitrogens with zero attached hydrogens (tertiary/aromatic N) is 3. The number of carbonyl (C=O) groups is 1. The third kappa shape index (κ3) is 5.56. The predicted molar refractivity (Wildman–Crippen MR) is 127 cm³/mol. The molecule has 32 heavy (non-hydrogen) atoms. The second-order valence-electron chi connectivity index (χ2n) is 10.9. The van der Waals surface area contributed by atoms with Gasteiger partial charge in [0.05, 0.1) is 6.04 Å². The summed E-state index contributed by atoms with van der Waals surface area (Å²) in [5, 5.41) is 2.92. The van der Waals surface area contributed by atoms with Crippen LogP contribution in [-0.4, -0.2) is 28.5 Å². The Morgan fingerprint density at radius 3 is 2.41 bits per heavy atom. The van der Waals surface area contributed by atoms with Crippen LogP contribution in [0.15, 0.2) is 30.6 Å². The highest BCUT2D eigenvalue weighted by Crippen LogP contribution is 2.38. The van der Waals surface area contributed by atoms with Gasteiger partial charge in [-0.1, -0.05) is 65.8 Å². The zero-order chi connectivity index (χ0) is 23.7. The van der Waals surface area contributed by atoms with E-state index in [1.807, 2.05) is 25.7 Å². The number of nitrogens with two attached hydrogens (primary N) is 1. The maximum Gasteiger partial charge on any atom is 0.239 e. The molecule has 0 aliphatic carbocycles. The van der Waals surface area contributed by atoms with Crippen LogP contribution in [0, 0.1) is 11.2 Å².